The smallest absolute Gasteiger partial charge is 0.162 e. The standard InChI is InChI=1S/C9H10F2O3/c1-14-9-3-7(11)6(10)2-5(9)8(13)4-12/h2-3,8,12-13H,4H2,1H3. The number of ether oxygens (including phenoxy) is 1. The van der Waals surface area contributed by atoms with E-state index in [4.69, 9.17) is 9.84 Å². The maximum atomic E-state index is 12.8. The first-order valence-electron chi connectivity index (χ1n) is 3.92. The van der Waals surface area contributed by atoms with Crippen molar-refractivity contribution in [3.63, 3.8) is 0 Å². The van der Waals surface area contributed by atoms with Gasteiger partial charge in [0.25, 0.3) is 0 Å². The SMILES string of the molecule is COc1cc(F)c(F)cc1C(O)CO. The molecule has 1 aromatic carbocycles. The predicted octanol–water partition coefficient (Wildman–Crippen LogP) is 0.999. The minimum atomic E-state index is -1.28. The molecule has 0 aliphatic carbocycles. The Labute approximate surface area is 79.6 Å². The fourth-order valence-corrected chi connectivity index (χ4v) is 1.08. The number of benzene rings is 1. The van der Waals surface area contributed by atoms with Gasteiger partial charge in [0, 0.05) is 11.6 Å². The van der Waals surface area contributed by atoms with Gasteiger partial charge in [0.1, 0.15) is 11.9 Å². The molecule has 1 atom stereocenters. The Bertz CT molecular complexity index is 328. The van der Waals surface area contributed by atoms with E-state index in [9.17, 15) is 13.9 Å². The molecule has 0 bridgehead atoms. The van der Waals surface area contributed by atoms with Crippen LogP contribution in [0.2, 0.25) is 0 Å². The average Bonchev–Trinajstić information content (AvgIpc) is 2.20. The van der Waals surface area contributed by atoms with Gasteiger partial charge < -0.3 is 14.9 Å². The molecule has 0 radical (unpaired) electrons. The van der Waals surface area contributed by atoms with Crippen LogP contribution < -0.4 is 4.74 Å². The van der Waals surface area contributed by atoms with Crippen molar-refractivity contribution in [2.45, 2.75) is 6.10 Å². The summed E-state index contributed by atoms with van der Waals surface area (Å²) in [6, 6.07) is 1.62. The molecular weight excluding hydrogens is 194 g/mol. The summed E-state index contributed by atoms with van der Waals surface area (Å²) in [5.41, 5.74) is 0.0221. The average molecular weight is 204 g/mol. The van der Waals surface area contributed by atoms with E-state index in [-0.39, 0.29) is 11.3 Å². The van der Waals surface area contributed by atoms with Crippen molar-refractivity contribution >= 4 is 0 Å². The highest BCUT2D eigenvalue weighted by atomic mass is 19.2. The quantitative estimate of drug-likeness (QED) is 0.772. The first-order valence-corrected chi connectivity index (χ1v) is 3.92. The van der Waals surface area contributed by atoms with Crippen LogP contribution in [0.25, 0.3) is 0 Å². The highest BCUT2D eigenvalue weighted by molar-refractivity contribution is 5.36. The third-order valence-electron chi connectivity index (χ3n) is 1.80. The van der Waals surface area contributed by atoms with Crippen LogP contribution >= 0.6 is 0 Å². The van der Waals surface area contributed by atoms with E-state index in [0.717, 1.165) is 12.1 Å². The van der Waals surface area contributed by atoms with Gasteiger partial charge in [0.15, 0.2) is 11.6 Å². The summed E-state index contributed by atoms with van der Waals surface area (Å²) < 4.78 is 30.2. The highest BCUT2D eigenvalue weighted by Crippen LogP contribution is 2.27. The van der Waals surface area contributed by atoms with E-state index < -0.39 is 24.3 Å². The summed E-state index contributed by atoms with van der Waals surface area (Å²) in [7, 11) is 1.26. The molecule has 1 aromatic rings. The van der Waals surface area contributed by atoms with Crippen LogP contribution in [0.1, 0.15) is 11.7 Å². The first-order chi connectivity index (χ1) is 6.60. The van der Waals surface area contributed by atoms with Gasteiger partial charge in [-0.25, -0.2) is 8.78 Å². The molecule has 3 nitrogen and oxygen atoms in total. The van der Waals surface area contributed by atoms with Gasteiger partial charge in [0.2, 0.25) is 0 Å². The second kappa shape index (κ2) is 4.34. The van der Waals surface area contributed by atoms with Crippen molar-refractivity contribution in [2.75, 3.05) is 13.7 Å². The second-order valence-electron chi connectivity index (χ2n) is 2.71. The highest BCUT2D eigenvalue weighted by Gasteiger charge is 2.16. The Kier molecular flexibility index (Phi) is 3.38. The lowest BCUT2D eigenvalue weighted by Crippen LogP contribution is -2.06. The zero-order valence-corrected chi connectivity index (χ0v) is 7.50. The monoisotopic (exact) mass is 204 g/mol. The number of methoxy groups -OCH3 is 1. The van der Waals surface area contributed by atoms with Crippen molar-refractivity contribution in [1.82, 2.24) is 0 Å². The van der Waals surface area contributed by atoms with Crippen LogP contribution in [0.15, 0.2) is 12.1 Å². The second-order valence-corrected chi connectivity index (χ2v) is 2.71. The van der Waals surface area contributed by atoms with E-state index in [1.165, 1.54) is 7.11 Å². The van der Waals surface area contributed by atoms with Crippen molar-refractivity contribution in [3.8, 4) is 5.75 Å². The van der Waals surface area contributed by atoms with E-state index in [0.29, 0.717) is 0 Å². The molecule has 2 N–H and O–H groups in total. The fourth-order valence-electron chi connectivity index (χ4n) is 1.08. The van der Waals surface area contributed by atoms with Gasteiger partial charge in [-0.1, -0.05) is 0 Å². The molecule has 0 aliphatic rings. The Morgan fingerprint density at radius 3 is 2.43 bits per heavy atom. The van der Waals surface area contributed by atoms with E-state index in [2.05, 4.69) is 0 Å². The fraction of sp³-hybridized carbons (Fsp3) is 0.333. The maximum Gasteiger partial charge on any atom is 0.162 e. The molecule has 14 heavy (non-hydrogen) atoms. The Hall–Kier alpha value is -1.20. The van der Waals surface area contributed by atoms with Crippen molar-refractivity contribution < 1.29 is 23.7 Å². The summed E-state index contributed by atoms with van der Waals surface area (Å²) in [6.07, 6.45) is -1.28. The first kappa shape index (κ1) is 10.9. The number of rotatable bonds is 3. The van der Waals surface area contributed by atoms with Crippen LogP contribution in [-0.4, -0.2) is 23.9 Å². The van der Waals surface area contributed by atoms with E-state index >= 15 is 0 Å². The summed E-state index contributed by atoms with van der Waals surface area (Å²) in [6.45, 7) is -0.582. The summed E-state index contributed by atoms with van der Waals surface area (Å²) >= 11 is 0. The Morgan fingerprint density at radius 2 is 1.93 bits per heavy atom. The molecule has 0 fully saturated rings. The van der Waals surface area contributed by atoms with Gasteiger partial charge in [0.05, 0.1) is 13.7 Å². The molecule has 0 amide bonds. The molecule has 1 rings (SSSR count). The lowest BCUT2D eigenvalue weighted by molar-refractivity contribution is 0.0929. The molecular formula is C9H10F2O3. The molecule has 0 spiro atoms. The molecule has 5 heteroatoms. The molecule has 1 unspecified atom stereocenters. The van der Waals surface area contributed by atoms with Gasteiger partial charge in [-0.2, -0.15) is 0 Å². The predicted molar refractivity (Wildman–Crippen MR) is 45.0 cm³/mol. The lowest BCUT2D eigenvalue weighted by atomic mass is 10.1. The van der Waals surface area contributed by atoms with Gasteiger partial charge in [-0.3, -0.25) is 0 Å². The van der Waals surface area contributed by atoms with Crippen LogP contribution in [0.4, 0.5) is 8.78 Å². The normalized spacial score (nSPS) is 12.6. The Morgan fingerprint density at radius 1 is 1.36 bits per heavy atom. The molecule has 0 heterocycles. The van der Waals surface area contributed by atoms with Crippen LogP contribution in [0.5, 0.6) is 5.75 Å². The largest absolute Gasteiger partial charge is 0.496 e. The third-order valence-corrected chi connectivity index (χ3v) is 1.80. The van der Waals surface area contributed by atoms with Gasteiger partial charge in [-0.15, -0.1) is 0 Å². The zero-order valence-electron chi connectivity index (χ0n) is 7.50. The van der Waals surface area contributed by atoms with E-state index in [1.807, 2.05) is 0 Å². The summed E-state index contributed by atoms with van der Waals surface area (Å²) in [5, 5.41) is 17.9. The third kappa shape index (κ3) is 2.00. The van der Waals surface area contributed by atoms with Crippen LogP contribution in [-0.2, 0) is 0 Å². The number of hydrogen-bond acceptors (Lipinski definition) is 3. The lowest BCUT2D eigenvalue weighted by Gasteiger charge is -2.12. The number of hydrogen-bond donors (Lipinski definition) is 2. The van der Waals surface area contributed by atoms with E-state index in [1.54, 1.807) is 0 Å². The van der Waals surface area contributed by atoms with Crippen molar-refractivity contribution in [3.05, 3.63) is 29.3 Å². The maximum absolute atomic E-state index is 12.8. The molecule has 0 aliphatic heterocycles. The van der Waals surface area contributed by atoms with Crippen molar-refractivity contribution in [1.29, 1.82) is 0 Å². The molecule has 78 valence electrons. The number of aliphatic hydroxyl groups excluding tert-OH is 2. The molecule has 0 saturated carbocycles. The molecule has 0 aromatic heterocycles. The van der Waals surface area contributed by atoms with Crippen LogP contribution in [0.3, 0.4) is 0 Å². The molecule has 0 saturated heterocycles. The van der Waals surface area contributed by atoms with Gasteiger partial charge in [-0.05, 0) is 6.07 Å². The Balaban J connectivity index is 3.19. The van der Waals surface area contributed by atoms with Crippen LogP contribution in [0, 0.1) is 11.6 Å². The number of halogens is 2. The van der Waals surface area contributed by atoms with Gasteiger partial charge >= 0.3 is 0 Å². The summed E-state index contributed by atoms with van der Waals surface area (Å²) in [5.74, 6) is -2.14. The van der Waals surface area contributed by atoms with Crippen molar-refractivity contribution in [2.24, 2.45) is 0 Å². The minimum Gasteiger partial charge on any atom is -0.496 e. The number of aliphatic hydroxyl groups is 2. The topological polar surface area (TPSA) is 49.7 Å². The summed E-state index contributed by atoms with van der Waals surface area (Å²) in [4.78, 5) is 0. The minimum absolute atomic E-state index is 0.00505. The zero-order chi connectivity index (χ0) is 10.7.